The average Bonchev–Trinajstić information content (AvgIpc) is 2.93. The van der Waals surface area contributed by atoms with E-state index in [1.165, 1.54) is 0 Å². The maximum Gasteiger partial charge on any atom is 0.243 e. The minimum Gasteiger partial charge on any atom is -0.347 e. The Labute approximate surface area is 104 Å². The molecule has 0 fully saturated rings. The van der Waals surface area contributed by atoms with Crippen LogP contribution in [0.4, 0.5) is 5.95 Å². The highest BCUT2D eigenvalue weighted by molar-refractivity contribution is 5.44. The van der Waals surface area contributed by atoms with Crippen molar-refractivity contribution in [1.29, 1.82) is 0 Å². The number of hydrogen-bond acceptors (Lipinski definition) is 4. The quantitative estimate of drug-likeness (QED) is 0.754. The molecule has 0 aromatic carbocycles. The molecule has 3 rings (SSSR count). The van der Waals surface area contributed by atoms with Gasteiger partial charge in [0.1, 0.15) is 0 Å². The van der Waals surface area contributed by atoms with Gasteiger partial charge in [0.05, 0.1) is 12.2 Å². The average molecular weight is 242 g/mol. The highest BCUT2D eigenvalue weighted by Crippen LogP contribution is 2.09. The van der Waals surface area contributed by atoms with Gasteiger partial charge in [-0.05, 0) is 25.1 Å². The largest absolute Gasteiger partial charge is 0.347 e. The molecule has 0 aliphatic rings. The smallest absolute Gasteiger partial charge is 0.243 e. The van der Waals surface area contributed by atoms with Gasteiger partial charge in [-0.15, -0.1) is 5.10 Å². The fourth-order valence-corrected chi connectivity index (χ4v) is 1.85. The van der Waals surface area contributed by atoms with Crippen LogP contribution in [-0.4, -0.2) is 24.4 Å². The monoisotopic (exact) mass is 242 g/mol. The Bertz CT molecular complexity index is 681. The number of anilines is 1. The lowest BCUT2D eigenvalue weighted by molar-refractivity contribution is 0.719. The molecule has 6 heteroatoms. The first kappa shape index (κ1) is 10.8. The molecule has 0 saturated carbocycles. The van der Waals surface area contributed by atoms with Crippen molar-refractivity contribution >= 4 is 11.6 Å². The molecule has 3 aromatic rings. The van der Waals surface area contributed by atoms with E-state index in [0.717, 1.165) is 17.0 Å². The Morgan fingerprint density at radius 1 is 1.28 bits per heavy atom. The minimum absolute atomic E-state index is 0.630. The number of aryl methyl sites for hydroxylation is 2. The van der Waals surface area contributed by atoms with Crippen molar-refractivity contribution in [3.05, 3.63) is 41.9 Å². The second kappa shape index (κ2) is 4.14. The topological polar surface area (TPSA) is 60.0 Å². The molecule has 0 radical (unpaired) electrons. The zero-order chi connectivity index (χ0) is 12.5. The number of nitrogens with zero attached hydrogens (tertiary/aromatic N) is 5. The molecule has 3 aromatic heterocycles. The van der Waals surface area contributed by atoms with Gasteiger partial charge in [-0.3, -0.25) is 4.68 Å². The Morgan fingerprint density at radius 2 is 2.17 bits per heavy atom. The van der Waals surface area contributed by atoms with E-state index >= 15 is 0 Å². The number of aromatic nitrogens is 5. The van der Waals surface area contributed by atoms with Gasteiger partial charge in [0.15, 0.2) is 5.65 Å². The molecule has 3 heterocycles. The van der Waals surface area contributed by atoms with Gasteiger partial charge < -0.3 is 5.32 Å². The van der Waals surface area contributed by atoms with Gasteiger partial charge in [0.25, 0.3) is 0 Å². The van der Waals surface area contributed by atoms with Crippen LogP contribution in [0.3, 0.4) is 0 Å². The second-order valence-corrected chi connectivity index (χ2v) is 4.17. The van der Waals surface area contributed by atoms with E-state index in [9.17, 15) is 0 Å². The first-order valence-electron chi connectivity index (χ1n) is 5.77. The van der Waals surface area contributed by atoms with Gasteiger partial charge >= 0.3 is 0 Å². The number of rotatable bonds is 3. The molecular weight excluding hydrogens is 228 g/mol. The van der Waals surface area contributed by atoms with Crippen molar-refractivity contribution in [1.82, 2.24) is 24.4 Å². The second-order valence-electron chi connectivity index (χ2n) is 4.17. The molecule has 0 unspecified atom stereocenters. The molecule has 92 valence electrons. The summed E-state index contributed by atoms with van der Waals surface area (Å²) in [5, 5.41) is 11.7. The van der Waals surface area contributed by atoms with Gasteiger partial charge in [0, 0.05) is 18.9 Å². The van der Waals surface area contributed by atoms with Crippen LogP contribution in [0.15, 0.2) is 30.5 Å². The van der Waals surface area contributed by atoms with E-state index < -0.39 is 0 Å². The molecular formula is C12H14N6. The van der Waals surface area contributed by atoms with E-state index in [1.807, 2.05) is 47.4 Å². The summed E-state index contributed by atoms with van der Waals surface area (Å²) in [6.45, 7) is 2.67. The zero-order valence-corrected chi connectivity index (χ0v) is 10.3. The molecule has 0 saturated heterocycles. The van der Waals surface area contributed by atoms with Crippen LogP contribution in [-0.2, 0) is 13.6 Å². The van der Waals surface area contributed by atoms with Crippen molar-refractivity contribution < 1.29 is 0 Å². The zero-order valence-electron chi connectivity index (χ0n) is 10.3. The maximum absolute atomic E-state index is 4.41. The Hall–Kier alpha value is -2.37. The minimum atomic E-state index is 0.630. The number of pyridine rings is 1. The third kappa shape index (κ3) is 1.81. The van der Waals surface area contributed by atoms with Crippen LogP contribution in [0.1, 0.15) is 11.4 Å². The van der Waals surface area contributed by atoms with Crippen molar-refractivity contribution in [2.24, 2.45) is 7.05 Å². The lowest BCUT2D eigenvalue weighted by atomic mass is 10.4. The van der Waals surface area contributed by atoms with Crippen molar-refractivity contribution in [2.45, 2.75) is 13.5 Å². The third-order valence-corrected chi connectivity index (χ3v) is 2.90. The highest BCUT2D eigenvalue weighted by atomic mass is 15.4. The van der Waals surface area contributed by atoms with Gasteiger partial charge in [0.2, 0.25) is 5.95 Å². The number of hydrogen-bond donors (Lipinski definition) is 1. The summed E-state index contributed by atoms with van der Waals surface area (Å²) < 4.78 is 3.65. The van der Waals surface area contributed by atoms with Crippen LogP contribution in [0.5, 0.6) is 0 Å². The highest BCUT2D eigenvalue weighted by Gasteiger charge is 2.05. The normalized spacial score (nSPS) is 11.0. The van der Waals surface area contributed by atoms with Gasteiger partial charge in [-0.1, -0.05) is 6.07 Å². The summed E-state index contributed by atoms with van der Waals surface area (Å²) in [4.78, 5) is 4.41. The molecule has 0 aliphatic heterocycles. The molecule has 0 amide bonds. The maximum atomic E-state index is 4.41. The molecule has 1 N–H and O–H groups in total. The summed E-state index contributed by atoms with van der Waals surface area (Å²) in [5.74, 6) is 0.630. The standard InChI is InChI=1S/C12H14N6/c1-9-4-3-5-11-15-12(16-18(9)11)13-8-10-6-7-14-17(10)2/h3-7H,8H2,1-2H3,(H,13,16). The molecule has 18 heavy (non-hydrogen) atoms. The van der Waals surface area contributed by atoms with Crippen molar-refractivity contribution in [3.63, 3.8) is 0 Å². The molecule has 0 spiro atoms. The van der Waals surface area contributed by atoms with Crippen LogP contribution in [0.2, 0.25) is 0 Å². The SMILES string of the molecule is Cc1cccc2nc(NCc3ccnn3C)nn12. The van der Waals surface area contributed by atoms with Gasteiger partial charge in [-0.25, -0.2) is 4.52 Å². The van der Waals surface area contributed by atoms with Crippen molar-refractivity contribution in [3.8, 4) is 0 Å². The van der Waals surface area contributed by atoms with E-state index in [2.05, 4.69) is 20.5 Å². The van der Waals surface area contributed by atoms with E-state index in [-0.39, 0.29) is 0 Å². The van der Waals surface area contributed by atoms with E-state index in [0.29, 0.717) is 12.5 Å². The number of fused-ring (bicyclic) bond motifs is 1. The number of nitrogens with one attached hydrogen (secondary N) is 1. The van der Waals surface area contributed by atoms with Gasteiger partial charge in [-0.2, -0.15) is 10.1 Å². The molecule has 0 aliphatic carbocycles. The summed E-state index contributed by atoms with van der Waals surface area (Å²) in [5.41, 5.74) is 3.00. The third-order valence-electron chi connectivity index (χ3n) is 2.90. The first-order valence-corrected chi connectivity index (χ1v) is 5.77. The lowest BCUT2D eigenvalue weighted by Crippen LogP contribution is -2.06. The van der Waals surface area contributed by atoms with Crippen molar-refractivity contribution in [2.75, 3.05) is 5.32 Å². The predicted molar refractivity (Wildman–Crippen MR) is 68.3 cm³/mol. The fraction of sp³-hybridized carbons (Fsp3) is 0.250. The van der Waals surface area contributed by atoms with Crippen LogP contribution in [0.25, 0.3) is 5.65 Å². The summed E-state index contributed by atoms with van der Waals surface area (Å²) in [6.07, 6.45) is 1.78. The van der Waals surface area contributed by atoms with Crippen LogP contribution in [0, 0.1) is 6.92 Å². The van der Waals surface area contributed by atoms with Crippen LogP contribution < -0.4 is 5.32 Å². The van der Waals surface area contributed by atoms with Crippen LogP contribution >= 0.6 is 0 Å². The molecule has 0 atom stereocenters. The van der Waals surface area contributed by atoms with E-state index in [4.69, 9.17) is 0 Å². The van der Waals surface area contributed by atoms with E-state index in [1.54, 1.807) is 6.20 Å². The predicted octanol–water partition coefficient (Wildman–Crippen LogP) is 1.38. The molecule has 0 bridgehead atoms. The Morgan fingerprint density at radius 3 is 2.89 bits per heavy atom. The fourth-order valence-electron chi connectivity index (χ4n) is 1.85. The lowest BCUT2D eigenvalue weighted by Gasteiger charge is -2.01. The summed E-state index contributed by atoms with van der Waals surface area (Å²) >= 11 is 0. The Balaban J connectivity index is 1.83. The Kier molecular flexibility index (Phi) is 2.47. The molecule has 6 nitrogen and oxygen atoms in total. The first-order chi connectivity index (χ1) is 8.74. The summed E-state index contributed by atoms with van der Waals surface area (Å²) in [7, 11) is 1.91. The summed E-state index contributed by atoms with van der Waals surface area (Å²) in [6, 6.07) is 7.89.